The Balaban J connectivity index is 0.983. The van der Waals surface area contributed by atoms with Crippen molar-refractivity contribution in [3.8, 4) is 11.1 Å². The molecule has 4 nitrogen and oxygen atoms in total. The third kappa shape index (κ3) is 4.66. The average molecular weight is 558 g/mol. The second-order valence-electron chi connectivity index (χ2n) is 10.8. The number of amides is 2. The van der Waals surface area contributed by atoms with Crippen LogP contribution in [0.1, 0.15) is 41.5 Å². The van der Waals surface area contributed by atoms with Gasteiger partial charge in [-0.1, -0.05) is 48.0 Å². The Morgan fingerprint density at radius 3 is 2.26 bits per heavy atom. The molecule has 3 fully saturated rings. The van der Waals surface area contributed by atoms with Gasteiger partial charge in [0.2, 0.25) is 0 Å². The molecule has 0 radical (unpaired) electrons. The maximum absolute atomic E-state index is 13.0. The number of nitrogens with zero attached hydrogens (tertiary/aromatic N) is 3. The Labute approximate surface area is 229 Å². The highest BCUT2D eigenvalue weighted by Crippen LogP contribution is 2.56. The van der Waals surface area contributed by atoms with Gasteiger partial charge >= 0.3 is 12.2 Å². The second-order valence-corrected chi connectivity index (χ2v) is 12.1. The minimum Gasteiger partial charge on any atom is -0.323 e. The lowest BCUT2D eigenvalue weighted by molar-refractivity contribution is -0.141. The summed E-state index contributed by atoms with van der Waals surface area (Å²) in [5.74, 6) is 0.562. The fourth-order valence-corrected chi connectivity index (χ4v) is 6.96. The van der Waals surface area contributed by atoms with E-state index in [1.165, 1.54) is 17.3 Å². The van der Waals surface area contributed by atoms with Crippen molar-refractivity contribution in [2.24, 2.45) is 5.41 Å². The van der Waals surface area contributed by atoms with Crippen LogP contribution in [0.5, 0.6) is 0 Å². The van der Waals surface area contributed by atoms with Crippen LogP contribution < -0.4 is 0 Å². The van der Waals surface area contributed by atoms with E-state index in [-0.39, 0.29) is 17.4 Å². The zero-order valence-electron chi connectivity index (χ0n) is 20.8. The van der Waals surface area contributed by atoms with Crippen molar-refractivity contribution in [1.29, 1.82) is 0 Å². The molecule has 2 saturated heterocycles. The number of halogens is 4. The third-order valence-corrected chi connectivity index (χ3v) is 9.25. The molecule has 1 saturated carbocycles. The highest BCUT2D eigenvalue weighted by Gasteiger charge is 2.55. The highest BCUT2D eigenvalue weighted by molar-refractivity contribution is 7.98. The monoisotopic (exact) mass is 557 g/mol. The predicted molar refractivity (Wildman–Crippen MR) is 144 cm³/mol. The first-order valence-corrected chi connectivity index (χ1v) is 14.3. The Hall–Kier alpha value is -2.71. The van der Waals surface area contributed by atoms with Gasteiger partial charge < -0.3 is 9.80 Å². The van der Waals surface area contributed by atoms with Crippen LogP contribution in [0.3, 0.4) is 0 Å². The summed E-state index contributed by atoms with van der Waals surface area (Å²) in [5.41, 5.74) is 3.67. The molecule has 6 rings (SSSR count). The number of thioether (sulfide) groups is 1. The first kappa shape index (κ1) is 25.6. The number of likely N-dealkylation sites (tertiary alicyclic amines) is 2. The van der Waals surface area contributed by atoms with Gasteiger partial charge in [0.1, 0.15) is 5.69 Å². The third-order valence-electron chi connectivity index (χ3n) is 8.24. The number of pyridine rings is 1. The smallest absolute Gasteiger partial charge is 0.323 e. The van der Waals surface area contributed by atoms with Crippen molar-refractivity contribution in [3.63, 3.8) is 0 Å². The van der Waals surface area contributed by atoms with E-state index in [9.17, 15) is 18.0 Å². The van der Waals surface area contributed by atoms with E-state index in [1.807, 2.05) is 28.2 Å². The van der Waals surface area contributed by atoms with E-state index < -0.39 is 11.9 Å². The summed E-state index contributed by atoms with van der Waals surface area (Å²) >= 11 is 7.82. The molecule has 2 aromatic carbocycles. The number of benzene rings is 2. The summed E-state index contributed by atoms with van der Waals surface area (Å²) < 4.78 is 38.3. The maximum Gasteiger partial charge on any atom is 0.433 e. The molecule has 198 valence electrons. The fourth-order valence-electron chi connectivity index (χ4n) is 6.08. The number of carbonyl (C=O) groups is 1. The summed E-state index contributed by atoms with van der Waals surface area (Å²) in [5, 5.41) is 0.732. The van der Waals surface area contributed by atoms with Gasteiger partial charge in [0.15, 0.2) is 0 Å². The van der Waals surface area contributed by atoms with E-state index in [2.05, 4.69) is 35.3 Å². The number of carbonyl (C=O) groups excluding carboxylic acids is 1. The first-order valence-electron chi connectivity index (χ1n) is 12.6. The van der Waals surface area contributed by atoms with Crippen molar-refractivity contribution in [2.45, 2.75) is 35.7 Å². The van der Waals surface area contributed by atoms with Gasteiger partial charge in [0, 0.05) is 53.6 Å². The van der Waals surface area contributed by atoms with Gasteiger partial charge in [-0.05, 0) is 65.5 Å². The molecule has 3 heterocycles. The van der Waals surface area contributed by atoms with Crippen LogP contribution in [-0.4, -0.2) is 53.2 Å². The number of alkyl halides is 3. The molecule has 9 heteroatoms. The lowest BCUT2D eigenvalue weighted by Crippen LogP contribution is -2.67. The van der Waals surface area contributed by atoms with Crippen molar-refractivity contribution in [1.82, 2.24) is 14.8 Å². The summed E-state index contributed by atoms with van der Waals surface area (Å²) in [7, 11) is 0. The quantitative estimate of drug-likeness (QED) is 0.311. The average Bonchev–Trinajstić information content (AvgIpc) is 2.81. The Morgan fingerprint density at radius 2 is 1.66 bits per heavy atom. The van der Waals surface area contributed by atoms with Gasteiger partial charge in [0.05, 0.1) is 0 Å². The molecule has 2 aliphatic heterocycles. The molecule has 0 atom stereocenters. The number of aromatic nitrogens is 1. The zero-order valence-corrected chi connectivity index (χ0v) is 22.4. The van der Waals surface area contributed by atoms with Crippen molar-refractivity contribution in [2.75, 3.05) is 32.4 Å². The number of hydrogen-bond acceptors (Lipinski definition) is 3. The number of rotatable bonds is 4. The predicted octanol–water partition coefficient (Wildman–Crippen LogP) is 7.54. The van der Waals surface area contributed by atoms with Gasteiger partial charge in [-0.3, -0.25) is 4.98 Å². The standard InChI is InChI=1S/C29H27ClF3N3OS/c1-38-25-10-23(30)7-8-24(25)19-4-2-18(3-5-19)22-14-35(15-22)27(37)36-16-28(17-36)11-21(12-28)20-6-9-26(34-13-20)29(31,32)33/h2-10,13,21-22H,11-12,14-17H2,1H3. The molecule has 0 N–H and O–H groups in total. The summed E-state index contributed by atoms with van der Waals surface area (Å²) in [4.78, 5) is 21.5. The van der Waals surface area contributed by atoms with Crippen molar-refractivity contribution >= 4 is 29.4 Å². The molecule has 0 unspecified atom stereocenters. The Kier molecular flexibility index (Phi) is 6.38. The molecule has 0 bridgehead atoms. The summed E-state index contributed by atoms with van der Waals surface area (Å²) in [6, 6.07) is 17.2. The lowest BCUT2D eigenvalue weighted by Gasteiger charge is -2.60. The molecule has 2 amide bonds. The van der Waals surface area contributed by atoms with Crippen LogP contribution >= 0.6 is 23.4 Å². The molecular formula is C29H27ClF3N3OS. The molecule has 1 aliphatic carbocycles. The van der Waals surface area contributed by atoms with Crippen LogP contribution in [0.2, 0.25) is 5.02 Å². The van der Waals surface area contributed by atoms with Crippen LogP contribution in [0, 0.1) is 5.41 Å². The molecule has 38 heavy (non-hydrogen) atoms. The van der Waals surface area contributed by atoms with Gasteiger partial charge in [-0.2, -0.15) is 13.2 Å². The van der Waals surface area contributed by atoms with E-state index in [0.717, 1.165) is 66.1 Å². The van der Waals surface area contributed by atoms with E-state index in [4.69, 9.17) is 11.6 Å². The maximum atomic E-state index is 13.0. The molecule has 3 aromatic rings. The first-order chi connectivity index (χ1) is 18.1. The van der Waals surface area contributed by atoms with Crippen LogP contribution in [-0.2, 0) is 6.18 Å². The molecular weight excluding hydrogens is 531 g/mol. The minimum atomic E-state index is -4.41. The largest absolute Gasteiger partial charge is 0.433 e. The minimum absolute atomic E-state index is 0.0916. The molecule has 3 aliphatic rings. The summed E-state index contributed by atoms with van der Waals surface area (Å²) in [6.07, 6.45) is 0.771. The lowest BCUT2D eigenvalue weighted by atomic mass is 9.56. The molecule has 1 aromatic heterocycles. The zero-order chi connectivity index (χ0) is 26.7. The van der Waals surface area contributed by atoms with Crippen LogP contribution in [0.4, 0.5) is 18.0 Å². The number of urea groups is 1. The van der Waals surface area contributed by atoms with E-state index in [0.29, 0.717) is 5.92 Å². The Morgan fingerprint density at radius 1 is 0.974 bits per heavy atom. The van der Waals surface area contributed by atoms with Crippen molar-refractivity contribution < 1.29 is 18.0 Å². The molecule has 1 spiro atoms. The number of hydrogen-bond donors (Lipinski definition) is 0. The fraction of sp³-hybridized carbons (Fsp3) is 0.379. The topological polar surface area (TPSA) is 36.4 Å². The van der Waals surface area contributed by atoms with Gasteiger partial charge in [-0.25, -0.2) is 4.79 Å². The summed E-state index contributed by atoms with van der Waals surface area (Å²) in [6.45, 7) is 2.90. The SMILES string of the molecule is CSc1cc(Cl)ccc1-c1ccc(C2CN(C(=O)N3CC4(CC(c5ccc(C(F)(F)F)nc5)C4)C3)C2)cc1. The Bertz CT molecular complexity index is 1340. The van der Waals surface area contributed by atoms with Crippen LogP contribution in [0.15, 0.2) is 65.7 Å². The highest BCUT2D eigenvalue weighted by atomic mass is 35.5. The second kappa shape index (κ2) is 9.49. The van der Waals surface area contributed by atoms with Crippen LogP contribution in [0.25, 0.3) is 11.1 Å². The van der Waals surface area contributed by atoms with Crippen molar-refractivity contribution in [3.05, 3.63) is 82.6 Å². The normalized spacial score (nSPS) is 19.2. The van der Waals surface area contributed by atoms with Gasteiger partial charge in [-0.15, -0.1) is 11.8 Å². The van der Waals surface area contributed by atoms with Gasteiger partial charge in [0.25, 0.3) is 0 Å². The van der Waals surface area contributed by atoms with E-state index >= 15 is 0 Å². The van der Waals surface area contributed by atoms with E-state index in [1.54, 1.807) is 17.8 Å².